The van der Waals surface area contributed by atoms with E-state index in [-0.39, 0.29) is 11.3 Å². The number of nitrogens with zero attached hydrogens (tertiary/aromatic N) is 4. The predicted molar refractivity (Wildman–Crippen MR) is 122 cm³/mol. The van der Waals surface area contributed by atoms with Gasteiger partial charge in [-0.3, -0.25) is 15.5 Å². The molecular formula is C22H20F7N5O4. The van der Waals surface area contributed by atoms with Gasteiger partial charge in [-0.1, -0.05) is 0 Å². The highest BCUT2D eigenvalue weighted by atomic mass is 19.4. The molecule has 0 bridgehead atoms. The topological polar surface area (TPSA) is 92.5 Å². The zero-order chi connectivity index (χ0) is 27.6. The van der Waals surface area contributed by atoms with E-state index in [0.717, 1.165) is 6.21 Å². The van der Waals surface area contributed by atoms with Gasteiger partial charge in [0.2, 0.25) is 0 Å². The molecule has 2 aliphatic rings. The Labute approximate surface area is 210 Å². The molecule has 206 valence electrons. The maximum atomic E-state index is 14.2. The molecule has 2 heterocycles. The fourth-order valence-corrected chi connectivity index (χ4v) is 4.11. The number of alkyl halides is 3. The average Bonchev–Trinajstić information content (AvgIpc) is 2.89. The van der Waals surface area contributed by atoms with Crippen LogP contribution in [0.5, 0.6) is 0 Å². The van der Waals surface area contributed by atoms with E-state index in [4.69, 9.17) is 9.47 Å². The monoisotopic (exact) mass is 551 g/mol. The maximum absolute atomic E-state index is 14.2. The third kappa shape index (κ3) is 5.45. The Kier molecular flexibility index (Phi) is 7.91. The number of hydrogen-bond acceptors (Lipinski definition) is 8. The summed E-state index contributed by atoms with van der Waals surface area (Å²) < 4.78 is 105. The van der Waals surface area contributed by atoms with Crippen LogP contribution >= 0.6 is 0 Å². The van der Waals surface area contributed by atoms with E-state index in [9.17, 15) is 40.8 Å². The van der Waals surface area contributed by atoms with E-state index >= 15 is 0 Å². The molecule has 0 unspecified atom stereocenters. The molecule has 0 atom stereocenters. The number of halogens is 7. The molecule has 0 aromatic heterocycles. The van der Waals surface area contributed by atoms with Gasteiger partial charge in [0.15, 0.2) is 23.3 Å². The molecule has 38 heavy (non-hydrogen) atoms. The largest absolute Gasteiger partial charge is 0.422 e. The molecule has 0 spiro atoms. The zero-order valence-corrected chi connectivity index (χ0v) is 19.5. The van der Waals surface area contributed by atoms with Crippen molar-refractivity contribution in [3.63, 3.8) is 0 Å². The highest BCUT2D eigenvalue weighted by molar-refractivity contribution is 5.92. The number of rotatable bonds is 6. The van der Waals surface area contributed by atoms with Crippen molar-refractivity contribution in [2.45, 2.75) is 6.18 Å². The lowest BCUT2D eigenvalue weighted by molar-refractivity contribution is -0.384. The van der Waals surface area contributed by atoms with Crippen molar-refractivity contribution in [1.82, 2.24) is 0 Å². The van der Waals surface area contributed by atoms with Gasteiger partial charge in [-0.05, 0) is 6.07 Å². The van der Waals surface area contributed by atoms with Gasteiger partial charge in [0.05, 0.1) is 37.6 Å². The van der Waals surface area contributed by atoms with Crippen LogP contribution in [0.15, 0.2) is 17.2 Å². The van der Waals surface area contributed by atoms with E-state index in [1.165, 1.54) is 6.07 Å². The lowest BCUT2D eigenvalue weighted by Crippen LogP contribution is -2.38. The molecule has 2 saturated heterocycles. The van der Waals surface area contributed by atoms with Crippen LogP contribution in [0.25, 0.3) is 0 Å². The molecule has 4 rings (SSSR count). The van der Waals surface area contributed by atoms with Crippen LogP contribution in [0.3, 0.4) is 0 Å². The van der Waals surface area contributed by atoms with Crippen LogP contribution in [-0.4, -0.2) is 63.7 Å². The van der Waals surface area contributed by atoms with Crippen molar-refractivity contribution in [2.24, 2.45) is 5.10 Å². The zero-order valence-electron chi connectivity index (χ0n) is 19.5. The summed E-state index contributed by atoms with van der Waals surface area (Å²) in [7, 11) is 0. The minimum absolute atomic E-state index is 0.0942. The first-order chi connectivity index (χ1) is 18.0. The van der Waals surface area contributed by atoms with Crippen LogP contribution in [0.4, 0.5) is 53.5 Å². The van der Waals surface area contributed by atoms with E-state index in [1.54, 1.807) is 16.4 Å². The summed E-state index contributed by atoms with van der Waals surface area (Å²) in [5.74, 6) is -9.96. The van der Waals surface area contributed by atoms with Crippen molar-refractivity contribution in [2.75, 3.05) is 67.8 Å². The fourth-order valence-electron chi connectivity index (χ4n) is 4.11. The van der Waals surface area contributed by atoms with Gasteiger partial charge in [0.25, 0.3) is 5.69 Å². The predicted octanol–water partition coefficient (Wildman–Crippen LogP) is 4.29. The van der Waals surface area contributed by atoms with Crippen molar-refractivity contribution < 1.29 is 45.1 Å². The number of nitro groups is 1. The Balaban J connectivity index is 1.74. The number of hydrazone groups is 1. The second kappa shape index (κ2) is 11.0. The van der Waals surface area contributed by atoms with Gasteiger partial charge in [-0.2, -0.15) is 18.3 Å². The Morgan fingerprint density at radius 2 is 1.37 bits per heavy atom. The Hall–Kier alpha value is -3.66. The molecular weight excluding hydrogens is 531 g/mol. The molecule has 0 radical (unpaired) electrons. The second-order valence-electron chi connectivity index (χ2n) is 8.23. The highest BCUT2D eigenvalue weighted by Gasteiger charge is 2.42. The molecule has 0 amide bonds. The van der Waals surface area contributed by atoms with Crippen molar-refractivity contribution in [3.05, 3.63) is 56.6 Å². The molecule has 2 aromatic carbocycles. The summed E-state index contributed by atoms with van der Waals surface area (Å²) in [6, 6.07) is 2.72. The molecule has 16 heteroatoms. The summed E-state index contributed by atoms with van der Waals surface area (Å²) in [5.41, 5.74) is -2.11. The van der Waals surface area contributed by atoms with E-state index in [1.807, 2.05) is 4.90 Å². The molecule has 1 N–H and O–H groups in total. The maximum Gasteiger partial charge on any atom is 0.422 e. The molecule has 2 aliphatic heterocycles. The van der Waals surface area contributed by atoms with Gasteiger partial charge >= 0.3 is 6.18 Å². The van der Waals surface area contributed by atoms with Gasteiger partial charge in [0.1, 0.15) is 16.9 Å². The average molecular weight is 551 g/mol. The number of ether oxygens (including phenoxy) is 2. The van der Waals surface area contributed by atoms with Crippen LogP contribution in [0.1, 0.15) is 11.1 Å². The van der Waals surface area contributed by atoms with Crippen LogP contribution in [-0.2, 0) is 15.7 Å². The molecule has 0 aliphatic carbocycles. The number of nitrogens with one attached hydrogen (secondary N) is 1. The summed E-state index contributed by atoms with van der Waals surface area (Å²) in [5, 5.41) is 15.4. The van der Waals surface area contributed by atoms with Crippen LogP contribution < -0.4 is 15.2 Å². The second-order valence-corrected chi connectivity index (χ2v) is 8.23. The van der Waals surface area contributed by atoms with Gasteiger partial charge in [-0.25, -0.2) is 17.6 Å². The van der Waals surface area contributed by atoms with Gasteiger partial charge in [0, 0.05) is 43.5 Å². The number of anilines is 3. The number of hydrogen-bond donors (Lipinski definition) is 1. The number of benzene rings is 2. The first kappa shape index (κ1) is 27.4. The summed E-state index contributed by atoms with van der Waals surface area (Å²) in [6.45, 7) is 2.98. The molecule has 2 fully saturated rings. The van der Waals surface area contributed by atoms with Crippen LogP contribution in [0.2, 0.25) is 0 Å². The van der Waals surface area contributed by atoms with Gasteiger partial charge < -0.3 is 19.3 Å². The van der Waals surface area contributed by atoms with Gasteiger partial charge in [-0.15, -0.1) is 0 Å². The van der Waals surface area contributed by atoms with Crippen molar-refractivity contribution >= 4 is 29.0 Å². The summed E-state index contributed by atoms with van der Waals surface area (Å²) in [4.78, 5) is 14.8. The minimum Gasteiger partial charge on any atom is -0.378 e. The smallest absolute Gasteiger partial charge is 0.378 e. The third-order valence-corrected chi connectivity index (χ3v) is 5.95. The van der Waals surface area contributed by atoms with E-state index in [2.05, 4.69) is 5.10 Å². The fraction of sp³-hybridized carbons (Fsp3) is 0.409. The molecule has 0 saturated carbocycles. The first-order valence-corrected chi connectivity index (χ1v) is 11.2. The Bertz CT molecular complexity index is 1220. The quantitative estimate of drug-likeness (QED) is 0.188. The molecule has 2 aromatic rings. The normalized spacial score (nSPS) is 16.8. The lowest BCUT2D eigenvalue weighted by Gasteiger charge is -2.33. The van der Waals surface area contributed by atoms with E-state index < -0.39 is 45.6 Å². The standard InChI is InChI=1S/C22H20F7N5O4/c23-17-16(22(27,28)29)18(24)20(26)21(19(17)25)31-30-11-12-9-15(34(35)36)14(33-3-7-38-8-4-33)10-13(12)32-1-5-37-6-2-32/h9-11,31H,1-8H2/b30-11-. The third-order valence-electron chi connectivity index (χ3n) is 5.95. The molecule has 9 nitrogen and oxygen atoms in total. The summed E-state index contributed by atoms with van der Waals surface area (Å²) >= 11 is 0. The van der Waals surface area contributed by atoms with Crippen LogP contribution in [0, 0.1) is 33.4 Å². The Morgan fingerprint density at radius 3 is 1.84 bits per heavy atom. The highest BCUT2D eigenvalue weighted by Crippen LogP contribution is 2.39. The first-order valence-electron chi connectivity index (χ1n) is 11.2. The van der Waals surface area contributed by atoms with Crippen molar-refractivity contribution in [3.8, 4) is 0 Å². The number of morpholine rings is 2. The van der Waals surface area contributed by atoms with E-state index in [0.29, 0.717) is 64.0 Å². The van der Waals surface area contributed by atoms with Crippen molar-refractivity contribution in [1.29, 1.82) is 0 Å². The number of nitro benzene ring substituents is 1. The summed E-state index contributed by atoms with van der Waals surface area (Å²) in [6.07, 6.45) is -4.78. The minimum atomic E-state index is -5.69. The SMILES string of the molecule is O=[N+]([O-])c1cc(/C=N\Nc2c(F)c(F)c(C(F)(F)F)c(F)c2F)c(N2CCOCC2)cc1N1CCOCC1. The lowest BCUT2D eigenvalue weighted by atomic mass is 10.1. The Morgan fingerprint density at radius 1 is 0.868 bits per heavy atom.